The van der Waals surface area contributed by atoms with E-state index in [1.807, 2.05) is 12.1 Å². The first-order valence-electron chi connectivity index (χ1n) is 14.1. The van der Waals surface area contributed by atoms with Gasteiger partial charge < -0.3 is 14.2 Å². The Morgan fingerprint density at radius 2 is 1.65 bits per heavy atom. The molecule has 0 heterocycles. The molecular weight excluding hydrogens is 468 g/mol. The van der Waals surface area contributed by atoms with Crippen molar-refractivity contribution in [2.75, 3.05) is 13.2 Å². The van der Waals surface area contributed by atoms with E-state index in [1.165, 1.54) is 12.5 Å². The van der Waals surface area contributed by atoms with Gasteiger partial charge in [0.25, 0.3) is 0 Å². The Kier molecular flexibility index (Phi) is 12.0. The summed E-state index contributed by atoms with van der Waals surface area (Å²) in [5.74, 6) is -0.206. The zero-order chi connectivity index (χ0) is 26.6. The van der Waals surface area contributed by atoms with Crippen LogP contribution < -0.4 is 0 Å². The molecule has 2 aliphatic carbocycles. The maximum atomic E-state index is 13.3. The van der Waals surface area contributed by atoms with Crippen molar-refractivity contribution in [1.29, 1.82) is 0 Å². The molecule has 0 N–H and O–H groups in total. The number of carbonyl (C=O) groups excluding carboxylic acids is 3. The first-order valence-corrected chi connectivity index (χ1v) is 14.1. The molecule has 0 saturated heterocycles. The third-order valence-corrected chi connectivity index (χ3v) is 7.31. The second kappa shape index (κ2) is 15.2. The normalized spacial score (nSPS) is 18.8. The number of Topliss-reactive ketones (excluding diaryl/α,β-unsaturated/α-hetero) is 1. The third kappa shape index (κ3) is 10.2. The lowest BCUT2D eigenvalue weighted by Gasteiger charge is -2.29. The van der Waals surface area contributed by atoms with Gasteiger partial charge in [0.1, 0.15) is 12.7 Å². The van der Waals surface area contributed by atoms with E-state index < -0.39 is 6.29 Å². The predicted molar refractivity (Wildman–Crippen MR) is 144 cm³/mol. The second-order valence-corrected chi connectivity index (χ2v) is 11.0. The molecule has 37 heavy (non-hydrogen) atoms. The molecule has 2 atom stereocenters. The summed E-state index contributed by atoms with van der Waals surface area (Å²) in [6, 6.07) is 7.21. The van der Waals surface area contributed by atoms with E-state index in [9.17, 15) is 14.4 Å². The van der Waals surface area contributed by atoms with Crippen LogP contribution in [0.15, 0.2) is 30.3 Å². The van der Waals surface area contributed by atoms with Crippen molar-refractivity contribution in [3.8, 4) is 0 Å². The molecule has 0 radical (unpaired) electrons. The van der Waals surface area contributed by atoms with Crippen LogP contribution in [-0.4, -0.2) is 43.1 Å². The second-order valence-electron chi connectivity index (χ2n) is 11.0. The maximum Gasteiger partial charge on any atom is 0.309 e. The molecule has 6 heteroatoms. The Hall–Kier alpha value is -2.31. The standard InChI is InChI=1S/C31H44O6/c1-22(2)20-35-23(3)36-21-27(32)17-16-24-10-9-13-26(18-24)30(33)19-29(25-11-5-4-6-12-25)31(34)37-28-14-7-8-15-28/h9-10,13,16-18,22-23,25,28-29H,4-8,11-12,14-15,19-21H2,1-3H3/b17-16+/t23?,29-/m0/s1. The van der Waals surface area contributed by atoms with E-state index in [4.69, 9.17) is 14.2 Å². The largest absolute Gasteiger partial charge is 0.462 e. The zero-order valence-electron chi connectivity index (χ0n) is 22.8. The lowest BCUT2D eigenvalue weighted by atomic mass is 9.77. The van der Waals surface area contributed by atoms with Crippen molar-refractivity contribution in [3.05, 3.63) is 41.5 Å². The summed E-state index contributed by atoms with van der Waals surface area (Å²) in [4.78, 5) is 38.7. The van der Waals surface area contributed by atoms with Gasteiger partial charge >= 0.3 is 5.97 Å². The minimum atomic E-state index is -0.446. The van der Waals surface area contributed by atoms with E-state index in [0.717, 1.165) is 56.9 Å². The van der Waals surface area contributed by atoms with Crippen LogP contribution in [0.5, 0.6) is 0 Å². The fourth-order valence-corrected chi connectivity index (χ4v) is 5.18. The molecule has 1 aromatic carbocycles. The number of esters is 1. The Morgan fingerprint density at radius 1 is 0.946 bits per heavy atom. The van der Waals surface area contributed by atoms with Crippen LogP contribution in [0, 0.1) is 17.8 Å². The minimum Gasteiger partial charge on any atom is -0.462 e. The highest BCUT2D eigenvalue weighted by atomic mass is 16.7. The summed E-state index contributed by atoms with van der Waals surface area (Å²) in [6.07, 6.45) is 12.3. The van der Waals surface area contributed by atoms with Crippen LogP contribution >= 0.6 is 0 Å². The van der Waals surface area contributed by atoms with Gasteiger partial charge in [0.15, 0.2) is 17.9 Å². The number of ketones is 2. The smallest absolute Gasteiger partial charge is 0.309 e. The maximum absolute atomic E-state index is 13.3. The molecule has 0 bridgehead atoms. The van der Waals surface area contributed by atoms with Gasteiger partial charge in [-0.1, -0.05) is 57.4 Å². The lowest BCUT2D eigenvalue weighted by Crippen LogP contribution is -2.31. The summed E-state index contributed by atoms with van der Waals surface area (Å²) >= 11 is 0. The molecule has 0 amide bonds. The van der Waals surface area contributed by atoms with Gasteiger partial charge in [-0.25, -0.2) is 0 Å². The molecule has 0 spiro atoms. The molecule has 3 rings (SSSR count). The highest BCUT2D eigenvalue weighted by Crippen LogP contribution is 2.34. The Morgan fingerprint density at radius 3 is 2.35 bits per heavy atom. The summed E-state index contributed by atoms with van der Waals surface area (Å²) in [5, 5.41) is 0. The summed E-state index contributed by atoms with van der Waals surface area (Å²) in [6.45, 7) is 6.39. The van der Waals surface area contributed by atoms with Crippen molar-refractivity contribution in [2.24, 2.45) is 17.8 Å². The van der Waals surface area contributed by atoms with E-state index in [0.29, 0.717) is 18.1 Å². The van der Waals surface area contributed by atoms with Crippen molar-refractivity contribution < 1.29 is 28.6 Å². The van der Waals surface area contributed by atoms with Gasteiger partial charge in [-0.2, -0.15) is 0 Å². The molecule has 204 valence electrons. The minimum absolute atomic E-state index is 0.00781. The average Bonchev–Trinajstić information content (AvgIpc) is 3.41. The van der Waals surface area contributed by atoms with Gasteiger partial charge in [-0.05, 0) is 75.0 Å². The number of rotatable bonds is 14. The van der Waals surface area contributed by atoms with Gasteiger partial charge in [0, 0.05) is 12.0 Å². The van der Waals surface area contributed by atoms with Crippen molar-refractivity contribution in [2.45, 2.75) is 97.4 Å². The number of carbonyl (C=O) groups is 3. The Labute approximate surface area is 222 Å². The van der Waals surface area contributed by atoms with Crippen molar-refractivity contribution in [3.63, 3.8) is 0 Å². The van der Waals surface area contributed by atoms with Crippen LogP contribution in [0.2, 0.25) is 0 Å². The van der Waals surface area contributed by atoms with Crippen LogP contribution in [0.1, 0.15) is 101 Å². The number of hydrogen-bond donors (Lipinski definition) is 0. The highest BCUT2D eigenvalue weighted by molar-refractivity contribution is 5.99. The van der Waals surface area contributed by atoms with Crippen LogP contribution in [-0.2, 0) is 23.8 Å². The number of benzene rings is 1. The van der Waals surface area contributed by atoms with Crippen LogP contribution in [0.4, 0.5) is 0 Å². The highest BCUT2D eigenvalue weighted by Gasteiger charge is 2.34. The van der Waals surface area contributed by atoms with Crippen LogP contribution in [0.25, 0.3) is 6.08 Å². The Balaban J connectivity index is 1.58. The van der Waals surface area contributed by atoms with E-state index >= 15 is 0 Å². The molecule has 6 nitrogen and oxygen atoms in total. The van der Waals surface area contributed by atoms with Crippen molar-refractivity contribution >= 4 is 23.6 Å². The van der Waals surface area contributed by atoms with Gasteiger partial charge in [0.05, 0.1) is 12.5 Å². The number of hydrogen-bond acceptors (Lipinski definition) is 6. The van der Waals surface area contributed by atoms with Crippen LogP contribution in [0.3, 0.4) is 0 Å². The fraction of sp³-hybridized carbons (Fsp3) is 0.645. The first kappa shape index (κ1) is 29.2. The summed E-state index contributed by atoms with van der Waals surface area (Å²) in [7, 11) is 0. The van der Waals surface area contributed by atoms with Gasteiger partial charge in [-0.15, -0.1) is 0 Å². The topological polar surface area (TPSA) is 78.9 Å². The molecular formula is C31H44O6. The molecule has 2 saturated carbocycles. The SMILES string of the molecule is CC(C)COC(C)OCC(=O)/C=C/c1cccc(C(=O)C[C@H](C(=O)OC2CCCC2)C2CCCCC2)c1. The summed E-state index contributed by atoms with van der Waals surface area (Å²) < 4.78 is 16.8. The molecule has 1 aromatic rings. The molecule has 2 aliphatic rings. The predicted octanol–water partition coefficient (Wildman–Crippen LogP) is 6.56. The van der Waals surface area contributed by atoms with Crippen molar-refractivity contribution in [1.82, 2.24) is 0 Å². The Bertz CT molecular complexity index is 908. The fourth-order valence-electron chi connectivity index (χ4n) is 5.18. The molecule has 1 unspecified atom stereocenters. The average molecular weight is 513 g/mol. The van der Waals surface area contributed by atoms with Gasteiger partial charge in [0.2, 0.25) is 0 Å². The zero-order valence-corrected chi connectivity index (χ0v) is 22.8. The van der Waals surface area contributed by atoms with E-state index in [1.54, 1.807) is 25.1 Å². The monoisotopic (exact) mass is 512 g/mol. The first-order chi connectivity index (χ1) is 17.8. The number of ether oxygens (including phenoxy) is 3. The van der Waals surface area contributed by atoms with E-state index in [2.05, 4.69) is 13.8 Å². The lowest BCUT2D eigenvalue weighted by molar-refractivity contribution is -0.156. The molecule has 2 fully saturated rings. The van der Waals surface area contributed by atoms with Gasteiger partial charge in [-0.3, -0.25) is 14.4 Å². The molecule has 0 aromatic heterocycles. The third-order valence-electron chi connectivity index (χ3n) is 7.31. The quantitative estimate of drug-likeness (QED) is 0.122. The summed E-state index contributed by atoms with van der Waals surface area (Å²) in [5.41, 5.74) is 1.31. The van der Waals surface area contributed by atoms with E-state index in [-0.39, 0.29) is 48.5 Å². The molecule has 0 aliphatic heterocycles.